The first-order chi connectivity index (χ1) is 19.1. The van der Waals surface area contributed by atoms with Gasteiger partial charge >= 0.3 is 0 Å². The molecule has 2 N–H and O–H groups in total. The maximum atomic E-state index is 12.9. The Labute approximate surface area is 247 Å². The molecule has 208 valence electrons. The van der Waals surface area contributed by atoms with Crippen LogP contribution in [0.15, 0.2) is 82.4 Å². The fourth-order valence-electron chi connectivity index (χ4n) is 3.87. The van der Waals surface area contributed by atoms with E-state index in [2.05, 4.69) is 57.5 Å². The number of hydrogen-bond donors (Lipinski definition) is 2. The number of rotatable bonds is 10. The molecule has 1 heterocycles. The third kappa shape index (κ3) is 7.73. The number of nitrogens with one attached hydrogen (secondary N) is 2. The topological polar surface area (TPSA) is 98.1 Å². The molecule has 2 amide bonds. The summed E-state index contributed by atoms with van der Waals surface area (Å²) in [7, 11) is 0. The molecule has 0 saturated carbocycles. The normalized spacial score (nSPS) is 11.2. The van der Waals surface area contributed by atoms with E-state index in [4.69, 9.17) is 4.74 Å². The van der Waals surface area contributed by atoms with Gasteiger partial charge in [0.05, 0.1) is 18.9 Å². The van der Waals surface area contributed by atoms with Gasteiger partial charge in [0.2, 0.25) is 5.91 Å². The molecule has 8 nitrogen and oxygen atoms in total. The SMILES string of the molecule is CCOc1ccc(NC(=O)CSc2nnc(CNC(=O)c3ccc(C(C)(C)C)cc3)n2-c2ccc(Br)cc2)cc1. The third-order valence-corrected chi connectivity index (χ3v) is 7.44. The Morgan fingerprint density at radius 2 is 1.62 bits per heavy atom. The first kappa shape index (κ1) is 29.4. The molecule has 0 aliphatic carbocycles. The van der Waals surface area contributed by atoms with E-state index in [1.54, 1.807) is 12.1 Å². The van der Waals surface area contributed by atoms with Gasteiger partial charge in [-0.25, -0.2) is 0 Å². The van der Waals surface area contributed by atoms with Gasteiger partial charge in [-0.2, -0.15) is 0 Å². The second kappa shape index (κ2) is 13.1. The summed E-state index contributed by atoms with van der Waals surface area (Å²) in [5.74, 6) is 1.06. The van der Waals surface area contributed by atoms with Crippen LogP contribution in [0, 0.1) is 0 Å². The molecule has 4 aromatic rings. The molecular formula is C30H32BrN5O3S. The monoisotopic (exact) mass is 621 g/mol. The summed E-state index contributed by atoms with van der Waals surface area (Å²) in [5, 5.41) is 15.1. The fourth-order valence-corrected chi connectivity index (χ4v) is 4.90. The van der Waals surface area contributed by atoms with Crippen LogP contribution in [0.25, 0.3) is 5.69 Å². The van der Waals surface area contributed by atoms with Crippen LogP contribution in [0.3, 0.4) is 0 Å². The number of carbonyl (C=O) groups is 2. The number of hydrogen-bond acceptors (Lipinski definition) is 6. The van der Waals surface area contributed by atoms with Crippen LogP contribution in [-0.2, 0) is 16.8 Å². The van der Waals surface area contributed by atoms with Crippen LogP contribution in [0.5, 0.6) is 5.75 Å². The Balaban J connectivity index is 1.45. The van der Waals surface area contributed by atoms with Crippen molar-refractivity contribution >= 4 is 45.2 Å². The molecule has 0 fully saturated rings. The minimum Gasteiger partial charge on any atom is -0.494 e. The van der Waals surface area contributed by atoms with Crippen LogP contribution in [0.1, 0.15) is 49.4 Å². The van der Waals surface area contributed by atoms with Crippen molar-refractivity contribution in [1.82, 2.24) is 20.1 Å². The average Bonchev–Trinajstić information content (AvgIpc) is 3.34. The molecule has 0 aliphatic heterocycles. The fraction of sp³-hybridized carbons (Fsp3) is 0.267. The number of carbonyl (C=O) groups excluding carboxylic acids is 2. The highest BCUT2D eigenvalue weighted by Gasteiger charge is 2.18. The van der Waals surface area contributed by atoms with Crippen molar-refractivity contribution in [3.05, 3.63) is 94.2 Å². The summed E-state index contributed by atoms with van der Waals surface area (Å²) < 4.78 is 8.23. The van der Waals surface area contributed by atoms with E-state index < -0.39 is 0 Å². The Morgan fingerprint density at radius 3 is 2.25 bits per heavy atom. The lowest BCUT2D eigenvalue weighted by atomic mass is 9.87. The molecule has 0 radical (unpaired) electrons. The van der Waals surface area contributed by atoms with Crippen molar-refractivity contribution in [3.8, 4) is 11.4 Å². The van der Waals surface area contributed by atoms with E-state index in [-0.39, 0.29) is 29.5 Å². The second-order valence-corrected chi connectivity index (χ2v) is 11.9. The predicted octanol–water partition coefficient (Wildman–Crippen LogP) is 6.39. The Hall–Kier alpha value is -3.63. The summed E-state index contributed by atoms with van der Waals surface area (Å²) in [5.41, 5.74) is 3.24. The van der Waals surface area contributed by atoms with E-state index in [0.717, 1.165) is 21.5 Å². The quantitative estimate of drug-likeness (QED) is 0.199. The van der Waals surface area contributed by atoms with E-state index in [9.17, 15) is 9.59 Å². The highest BCUT2D eigenvalue weighted by Crippen LogP contribution is 2.25. The third-order valence-electron chi connectivity index (χ3n) is 5.99. The van der Waals surface area contributed by atoms with Crippen molar-refractivity contribution in [2.75, 3.05) is 17.7 Å². The van der Waals surface area contributed by atoms with Gasteiger partial charge in [0.25, 0.3) is 5.91 Å². The van der Waals surface area contributed by atoms with Gasteiger partial charge in [-0.1, -0.05) is 60.6 Å². The highest BCUT2D eigenvalue weighted by molar-refractivity contribution is 9.10. The number of aromatic nitrogens is 3. The van der Waals surface area contributed by atoms with Crippen molar-refractivity contribution in [2.24, 2.45) is 0 Å². The maximum absolute atomic E-state index is 12.9. The molecule has 0 bridgehead atoms. The van der Waals surface area contributed by atoms with Gasteiger partial charge in [-0.15, -0.1) is 10.2 Å². The molecule has 0 aliphatic rings. The number of ether oxygens (including phenoxy) is 1. The minimum atomic E-state index is -0.199. The zero-order valence-corrected chi connectivity index (χ0v) is 25.3. The highest BCUT2D eigenvalue weighted by atomic mass is 79.9. The molecule has 3 aromatic carbocycles. The minimum absolute atomic E-state index is 0.00922. The van der Waals surface area contributed by atoms with Crippen LogP contribution >= 0.6 is 27.7 Å². The van der Waals surface area contributed by atoms with Crippen LogP contribution in [-0.4, -0.2) is 38.9 Å². The van der Waals surface area contributed by atoms with Gasteiger partial charge in [-0.05, 0) is 78.6 Å². The number of nitrogens with zero attached hydrogens (tertiary/aromatic N) is 3. The van der Waals surface area contributed by atoms with Gasteiger partial charge in [0, 0.05) is 21.4 Å². The van der Waals surface area contributed by atoms with E-state index in [1.807, 2.05) is 72.2 Å². The second-order valence-electron chi connectivity index (χ2n) is 10.0. The molecule has 10 heteroatoms. The van der Waals surface area contributed by atoms with Gasteiger partial charge in [0.15, 0.2) is 11.0 Å². The molecule has 0 unspecified atom stereocenters. The van der Waals surface area contributed by atoms with Gasteiger partial charge < -0.3 is 15.4 Å². The zero-order valence-electron chi connectivity index (χ0n) is 22.9. The average molecular weight is 623 g/mol. The summed E-state index contributed by atoms with van der Waals surface area (Å²) >= 11 is 4.74. The molecule has 0 saturated heterocycles. The number of anilines is 1. The Morgan fingerprint density at radius 1 is 0.950 bits per heavy atom. The first-order valence-corrected chi connectivity index (χ1v) is 14.7. The van der Waals surface area contributed by atoms with Crippen LogP contribution < -0.4 is 15.4 Å². The summed E-state index contributed by atoms with van der Waals surface area (Å²) in [6.45, 7) is 9.08. The lowest BCUT2D eigenvalue weighted by Crippen LogP contribution is -2.25. The number of thioether (sulfide) groups is 1. The van der Waals surface area contributed by atoms with Crippen molar-refractivity contribution in [3.63, 3.8) is 0 Å². The van der Waals surface area contributed by atoms with Crippen molar-refractivity contribution in [2.45, 2.75) is 44.8 Å². The molecule has 0 atom stereocenters. The van der Waals surface area contributed by atoms with Gasteiger partial charge in [-0.3, -0.25) is 14.2 Å². The van der Waals surface area contributed by atoms with E-state index >= 15 is 0 Å². The van der Waals surface area contributed by atoms with Crippen molar-refractivity contribution < 1.29 is 14.3 Å². The number of amides is 2. The summed E-state index contributed by atoms with van der Waals surface area (Å²) in [6.07, 6.45) is 0. The Bertz CT molecular complexity index is 1450. The zero-order chi connectivity index (χ0) is 28.7. The van der Waals surface area contributed by atoms with E-state index in [0.29, 0.717) is 28.8 Å². The largest absolute Gasteiger partial charge is 0.494 e. The lowest BCUT2D eigenvalue weighted by molar-refractivity contribution is -0.113. The molecule has 4 rings (SSSR count). The number of halogens is 1. The number of benzene rings is 3. The Kier molecular flexibility index (Phi) is 9.65. The van der Waals surface area contributed by atoms with Crippen LogP contribution in [0.2, 0.25) is 0 Å². The molecule has 0 spiro atoms. The standard InChI is InChI=1S/C30H32BrN5O3S/c1-5-39-25-16-12-23(13-17-25)33-27(37)19-40-29-35-34-26(36(29)24-14-10-22(31)11-15-24)18-32-28(38)20-6-8-21(9-7-20)30(2,3)4/h6-17H,5,18-19H2,1-4H3,(H,32,38)(H,33,37). The van der Waals surface area contributed by atoms with Gasteiger partial charge in [0.1, 0.15) is 5.75 Å². The van der Waals surface area contributed by atoms with Crippen molar-refractivity contribution in [1.29, 1.82) is 0 Å². The molecular weight excluding hydrogens is 590 g/mol. The summed E-state index contributed by atoms with van der Waals surface area (Å²) in [4.78, 5) is 25.6. The maximum Gasteiger partial charge on any atom is 0.251 e. The summed E-state index contributed by atoms with van der Waals surface area (Å²) in [6, 6.07) is 22.5. The van der Waals surface area contributed by atoms with E-state index in [1.165, 1.54) is 11.8 Å². The smallest absolute Gasteiger partial charge is 0.251 e. The predicted molar refractivity (Wildman–Crippen MR) is 162 cm³/mol. The molecule has 40 heavy (non-hydrogen) atoms. The molecule has 1 aromatic heterocycles. The first-order valence-electron chi connectivity index (χ1n) is 12.9. The van der Waals surface area contributed by atoms with Crippen LogP contribution in [0.4, 0.5) is 5.69 Å². The lowest BCUT2D eigenvalue weighted by Gasteiger charge is -2.19.